The average Bonchev–Trinajstić information content (AvgIpc) is 2.57. The first kappa shape index (κ1) is 12.5. The first-order valence-electron chi connectivity index (χ1n) is 5.99. The van der Waals surface area contributed by atoms with Gasteiger partial charge in [0, 0.05) is 28.6 Å². The van der Waals surface area contributed by atoms with E-state index in [1.165, 1.54) is 22.2 Å². The van der Waals surface area contributed by atoms with Gasteiger partial charge in [-0.3, -0.25) is 0 Å². The molecule has 3 rings (SSSR count). The third-order valence-electron chi connectivity index (χ3n) is 3.61. The van der Waals surface area contributed by atoms with Gasteiger partial charge >= 0.3 is 1.43 Å². The first-order chi connectivity index (χ1) is 7.68. The van der Waals surface area contributed by atoms with Crippen molar-refractivity contribution in [3.8, 4) is 0 Å². The van der Waals surface area contributed by atoms with Gasteiger partial charge < -0.3 is 22.7 Å². The maximum atomic E-state index is 3.61. The van der Waals surface area contributed by atoms with Gasteiger partial charge in [0.1, 0.15) is 0 Å². The number of nitrogens with one attached hydrogen (secondary N) is 2. The molecule has 1 aliphatic rings. The number of hydrogen-bond acceptors (Lipinski definition) is 1. The fourth-order valence-corrected chi connectivity index (χ4v) is 2.74. The van der Waals surface area contributed by atoms with Crippen molar-refractivity contribution in [2.75, 3.05) is 13.1 Å². The van der Waals surface area contributed by atoms with Crippen molar-refractivity contribution in [1.82, 2.24) is 10.3 Å². The molecule has 1 aromatic carbocycles. The molecule has 2 heterocycles. The Morgan fingerprint density at radius 3 is 2.82 bits per heavy atom. The van der Waals surface area contributed by atoms with E-state index in [2.05, 4.69) is 48.4 Å². The normalized spacial score (nSPS) is 18.2. The highest BCUT2D eigenvalue weighted by Gasteiger charge is 2.28. The SMILES string of the molecule is CC1(C)CNCCc2c1[nH]c1ccccc21.[Cl-].[H+]. The van der Waals surface area contributed by atoms with Crippen LogP contribution in [0, 0.1) is 0 Å². The highest BCUT2D eigenvalue weighted by molar-refractivity contribution is 5.85. The average molecular weight is 251 g/mol. The van der Waals surface area contributed by atoms with Crippen LogP contribution in [0.5, 0.6) is 0 Å². The molecule has 0 spiro atoms. The second kappa shape index (κ2) is 4.35. The Morgan fingerprint density at radius 1 is 1.24 bits per heavy atom. The molecule has 0 radical (unpaired) electrons. The summed E-state index contributed by atoms with van der Waals surface area (Å²) in [5, 5.41) is 4.91. The number of para-hydroxylation sites is 1. The molecular formula is C14H19ClN2. The van der Waals surface area contributed by atoms with Gasteiger partial charge in [0.05, 0.1) is 0 Å². The Balaban J connectivity index is 0.000000810. The molecule has 2 aromatic rings. The highest BCUT2D eigenvalue weighted by atomic mass is 35.5. The minimum absolute atomic E-state index is 0. The van der Waals surface area contributed by atoms with Gasteiger partial charge in [0.2, 0.25) is 0 Å². The van der Waals surface area contributed by atoms with Crippen LogP contribution in [0.3, 0.4) is 0 Å². The van der Waals surface area contributed by atoms with E-state index in [4.69, 9.17) is 0 Å². The lowest BCUT2D eigenvalue weighted by Gasteiger charge is -2.22. The number of rotatable bonds is 0. The lowest BCUT2D eigenvalue weighted by molar-refractivity contribution is -0.00000356. The standard InChI is InChI=1S/C14H18N2.ClH/c1-14(2)9-15-8-7-11-10-5-3-4-6-12(10)16-13(11)14;/h3-6,15-16H,7-9H2,1-2H3;1H. The van der Waals surface area contributed by atoms with Gasteiger partial charge in [0.15, 0.2) is 0 Å². The molecule has 0 amide bonds. The molecule has 0 aliphatic carbocycles. The van der Waals surface area contributed by atoms with Crippen LogP contribution in [0.4, 0.5) is 0 Å². The van der Waals surface area contributed by atoms with E-state index in [-0.39, 0.29) is 19.2 Å². The van der Waals surface area contributed by atoms with E-state index in [1.807, 2.05) is 0 Å². The molecule has 1 aromatic heterocycles. The van der Waals surface area contributed by atoms with Crippen molar-refractivity contribution in [2.45, 2.75) is 25.7 Å². The molecule has 17 heavy (non-hydrogen) atoms. The summed E-state index contributed by atoms with van der Waals surface area (Å²) in [5.74, 6) is 0. The van der Waals surface area contributed by atoms with E-state index >= 15 is 0 Å². The van der Waals surface area contributed by atoms with Gasteiger partial charge in [-0.2, -0.15) is 0 Å². The molecule has 0 atom stereocenters. The molecule has 0 saturated heterocycles. The molecule has 92 valence electrons. The van der Waals surface area contributed by atoms with Crippen molar-refractivity contribution < 1.29 is 13.8 Å². The Labute approximate surface area is 110 Å². The quantitative estimate of drug-likeness (QED) is 0.661. The third kappa shape index (κ3) is 1.96. The number of halogens is 1. The zero-order valence-electron chi connectivity index (χ0n) is 11.3. The van der Waals surface area contributed by atoms with E-state index in [1.54, 1.807) is 0 Å². The van der Waals surface area contributed by atoms with Crippen LogP contribution in [0.25, 0.3) is 10.9 Å². The summed E-state index contributed by atoms with van der Waals surface area (Å²) in [6, 6.07) is 8.63. The lowest BCUT2D eigenvalue weighted by Crippen LogP contribution is -3.00. The Kier molecular flexibility index (Phi) is 3.19. The van der Waals surface area contributed by atoms with Gasteiger partial charge in [0.25, 0.3) is 0 Å². The maximum absolute atomic E-state index is 3.61. The van der Waals surface area contributed by atoms with E-state index in [9.17, 15) is 0 Å². The largest absolute Gasteiger partial charge is 1.00 e. The number of aromatic amines is 1. The van der Waals surface area contributed by atoms with Crippen LogP contribution < -0.4 is 17.7 Å². The van der Waals surface area contributed by atoms with Crippen LogP contribution in [0.2, 0.25) is 0 Å². The van der Waals surface area contributed by atoms with E-state index in [0.29, 0.717) is 0 Å². The van der Waals surface area contributed by atoms with E-state index in [0.717, 1.165) is 19.5 Å². The number of hydrogen-bond donors (Lipinski definition) is 2. The van der Waals surface area contributed by atoms with Crippen molar-refractivity contribution in [2.24, 2.45) is 0 Å². The molecule has 0 saturated carbocycles. The summed E-state index contributed by atoms with van der Waals surface area (Å²) in [4.78, 5) is 3.61. The fraction of sp³-hybridized carbons (Fsp3) is 0.429. The van der Waals surface area contributed by atoms with Crippen molar-refractivity contribution >= 4 is 10.9 Å². The zero-order chi connectivity index (χ0) is 11.2. The Morgan fingerprint density at radius 2 is 2.00 bits per heavy atom. The molecule has 0 unspecified atom stereocenters. The van der Waals surface area contributed by atoms with Crippen molar-refractivity contribution in [3.05, 3.63) is 35.5 Å². The second-order valence-electron chi connectivity index (χ2n) is 5.33. The number of benzene rings is 1. The number of aromatic nitrogens is 1. The smallest absolute Gasteiger partial charge is 1.00 e. The van der Waals surface area contributed by atoms with Gasteiger partial charge in [-0.15, -0.1) is 0 Å². The Bertz CT molecular complexity index is 534. The molecule has 0 fully saturated rings. The molecule has 1 aliphatic heterocycles. The summed E-state index contributed by atoms with van der Waals surface area (Å²) >= 11 is 0. The topological polar surface area (TPSA) is 27.8 Å². The number of fused-ring (bicyclic) bond motifs is 3. The molecule has 2 nitrogen and oxygen atoms in total. The monoisotopic (exact) mass is 250 g/mol. The van der Waals surface area contributed by atoms with Gasteiger partial charge in [-0.05, 0) is 24.6 Å². The Hall–Kier alpha value is -0.990. The number of H-pyrrole nitrogens is 1. The second-order valence-corrected chi connectivity index (χ2v) is 5.33. The lowest BCUT2D eigenvalue weighted by atomic mass is 9.87. The summed E-state index contributed by atoms with van der Waals surface area (Å²) in [5.41, 5.74) is 4.40. The summed E-state index contributed by atoms with van der Waals surface area (Å²) in [7, 11) is 0. The zero-order valence-corrected chi connectivity index (χ0v) is 11.1. The molecular weight excluding hydrogens is 232 g/mol. The van der Waals surface area contributed by atoms with Crippen LogP contribution in [-0.2, 0) is 11.8 Å². The van der Waals surface area contributed by atoms with Crippen LogP contribution in [0.15, 0.2) is 24.3 Å². The summed E-state index contributed by atoms with van der Waals surface area (Å²) in [6.45, 7) is 6.74. The van der Waals surface area contributed by atoms with E-state index < -0.39 is 0 Å². The van der Waals surface area contributed by atoms with Crippen molar-refractivity contribution in [1.29, 1.82) is 0 Å². The molecule has 0 bridgehead atoms. The van der Waals surface area contributed by atoms with Crippen LogP contribution in [-0.4, -0.2) is 18.1 Å². The summed E-state index contributed by atoms with van der Waals surface area (Å²) in [6.07, 6.45) is 1.13. The predicted molar refractivity (Wildman–Crippen MR) is 69.0 cm³/mol. The molecule has 3 heteroatoms. The molecule has 2 N–H and O–H groups in total. The van der Waals surface area contributed by atoms with Gasteiger partial charge in [-0.25, -0.2) is 0 Å². The third-order valence-corrected chi connectivity index (χ3v) is 3.61. The maximum Gasteiger partial charge on any atom is 1.00 e. The fourth-order valence-electron chi connectivity index (χ4n) is 2.74. The van der Waals surface area contributed by atoms with Gasteiger partial charge in [-0.1, -0.05) is 32.0 Å². The highest BCUT2D eigenvalue weighted by Crippen LogP contribution is 2.32. The van der Waals surface area contributed by atoms with Crippen LogP contribution in [0.1, 0.15) is 26.5 Å². The predicted octanol–water partition coefficient (Wildman–Crippen LogP) is -0.292. The first-order valence-corrected chi connectivity index (χ1v) is 5.99. The summed E-state index contributed by atoms with van der Waals surface area (Å²) < 4.78 is 0. The van der Waals surface area contributed by atoms with Crippen molar-refractivity contribution in [3.63, 3.8) is 0 Å². The minimum Gasteiger partial charge on any atom is -1.00 e. The van der Waals surface area contributed by atoms with Crippen LogP contribution >= 0.6 is 0 Å². The minimum atomic E-state index is 0.